The third-order valence-electron chi connectivity index (χ3n) is 1.67. The lowest BCUT2D eigenvalue weighted by Gasteiger charge is -1.94. The molecule has 0 radical (unpaired) electrons. The smallest absolute Gasteiger partial charge is 0.229 e. The molecule has 3 heteroatoms. The average Bonchev–Trinajstić information content (AvgIpc) is 2.71. The number of nitrogens with zero attached hydrogens (tertiary/aromatic N) is 1. The van der Waals surface area contributed by atoms with Crippen LogP contribution in [0.15, 0.2) is 47.3 Å². The lowest BCUT2D eigenvalue weighted by atomic mass is 10.1. The van der Waals surface area contributed by atoms with E-state index in [-0.39, 0.29) is 5.78 Å². The van der Waals surface area contributed by atoms with E-state index in [4.69, 9.17) is 4.42 Å². The summed E-state index contributed by atoms with van der Waals surface area (Å²) in [6.45, 7) is 0. The minimum absolute atomic E-state index is 0.141. The Morgan fingerprint density at radius 1 is 1.31 bits per heavy atom. The van der Waals surface area contributed by atoms with E-state index in [0.717, 1.165) is 0 Å². The maximum atomic E-state index is 11.6. The van der Waals surface area contributed by atoms with Gasteiger partial charge in [-0.15, -0.1) is 0 Å². The van der Waals surface area contributed by atoms with Crippen LogP contribution >= 0.6 is 0 Å². The summed E-state index contributed by atoms with van der Waals surface area (Å²) in [6, 6.07) is 6.74. The highest BCUT2D eigenvalue weighted by Crippen LogP contribution is 2.08. The van der Waals surface area contributed by atoms with Crippen molar-refractivity contribution in [2.75, 3.05) is 0 Å². The molecule has 0 unspecified atom stereocenters. The Morgan fingerprint density at radius 3 is 2.85 bits per heavy atom. The minimum Gasteiger partial charge on any atom is -0.461 e. The zero-order valence-electron chi connectivity index (χ0n) is 6.81. The van der Waals surface area contributed by atoms with E-state index in [0.29, 0.717) is 11.3 Å². The predicted octanol–water partition coefficient (Wildman–Crippen LogP) is 1.91. The minimum atomic E-state index is -0.141. The monoisotopic (exact) mass is 173 g/mol. The van der Waals surface area contributed by atoms with Gasteiger partial charge in [0.05, 0.1) is 6.26 Å². The topological polar surface area (TPSA) is 43.1 Å². The van der Waals surface area contributed by atoms with Gasteiger partial charge in [-0.2, -0.15) is 0 Å². The van der Waals surface area contributed by atoms with Crippen LogP contribution in [-0.2, 0) is 0 Å². The first kappa shape index (κ1) is 7.73. The second-order valence-corrected chi connectivity index (χ2v) is 2.55. The van der Waals surface area contributed by atoms with Gasteiger partial charge in [0, 0.05) is 18.0 Å². The number of ketones is 1. The summed E-state index contributed by atoms with van der Waals surface area (Å²) in [5.74, 6) is 0.200. The van der Waals surface area contributed by atoms with Gasteiger partial charge in [0.25, 0.3) is 0 Å². The van der Waals surface area contributed by atoms with Crippen molar-refractivity contribution < 1.29 is 9.21 Å². The molecule has 0 saturated carbocycles. The maximum Gasteiger partial charge on any atom is 0.229 e. The number of carbonyl (C=O) groups excluding carboxylic acids is 1. The molecule has 0 amide bonds. The van der Waals surface area contributed by atoms with Crippen LogP contribution in [0, 0.1) is 0 Å². The molecule has 64 valence electrons. The number of carbonyl (C=O) groups is 1. The summed E-state index contributed by atoms with van der Waals surface area (Å²) >= 11 is 0. The van der Waals surface area contributed by atoms with Gasteiger partial charge in [-0.1, -0.05) is 0 Å². The van der Waals surface area contributed by atoms with Gasteiger partial charge in [0.1, 0.15) is 0 Å². The maximum absolute atomic E-state index is 11.6. The lowest BCUT2D eigenvalue weighted by molar-refractivity contribution is 0.101. The molecule has 0 fully saturated rings. The molecule has 0 aliphatic rings. The van der Waals surface area contributed by atoms with E-state index < -0.39 is 0 Å². The largest absolute Gasteiger partial charge is 0.461 e. The summed E-state index contributed by atoms with van der Waals surface area (Å²) in [5, 5.41) is 0. The number of hydrogen-bond donors (Lipinski definition) is 0. The van der Waals surface area contributed by atoms with Crippen LogP contribution in [0.25, 0.3) is 0 Å². The molecular weight excluding hydrogens is 166 g/mol. The molecule has 0 saturated heterocycles. The van der Waals surface area contributed by atoms with Crippen molar-refractivity contribution in [2.45, 2.75) is 0 Å². The first-order chi connectivity index (χ1) is 6.38. The zero-order chi connectivity index (χ0) is 9.10. The Morgan fingerprint density at radius 2 is 2.23 bits per heavy atom. The van der Waals surface area contributed by atoms with E-state index in [1.165, 1.54) is 12.5 Å². The van der Waals surface area contributed by atoms with Crippen LogP contribution in [0.4, 0.5) is 0 Å². The van der Waals surface area contributed by atoms with Crippen molar-refractivity contribution in [1.82, 2.24) is 4.98 Å². The Kier molecular flexibility index (Phi) is 1.92. The van der Waals surface area contributed by atoms with E-state index in [2.05, 4.69) is 4.98 Å². The number of furan rings is 1. The Labute approximate surface area is 75.0 Å². The molecule has 0 bridgehead atoms. The van der Waals surface area contributed by atoms with Gasteiger partial charge in [0.2, 0.25) is 5.78 Å². The predicted molar refractivity (Wildman–Crippen MR) is 46.4 cm³/mol. The van der Waals surface area contributed by atoms with Crippen LogP contribution in [0.1, 0.15) is 16.1 Å². The number of rotatable bonds is 2. The molecule has 0 aliphatic carbocycles. The van der Waals surface area contributed by atoms with E-state index in [1.807, 2.05) is 0 Å². The molecule has 2 heterocycles. The fraction of sp³-hybridized carbons (Fsp3) is 0. The number of pyridine rings is 1. The van der Waals surface area contributed by atoms with Crippen LogP contribution in [0.3, 0.4) is 0 Å². The van der Waals surface area contributed by atoms with Crippen molar-refractivity contribution >= 4 is 5.78 Å². The highest BCUT2D eigenvalue weighted by atomic mass is 16.3. The quantitative estimate of drug-likeness (QED) is 0.651. The Bertz CT molecular complexity index is 392. The fourth-order valence-corrected chi connectivity index (χ4v) is 1.05. The molecule has 0 spiro atoms. The second-order valence-electron chi connectivity index (χ2n) is 2.55. The third kappa shape index (κ3) is 1.49. The van der Waals surface area contributed by atoms with Crippen LogP contribution in [0.2, 0.25) is 0 Å². The SMILES string of the molecule is O=C(c1cccnc1)c1ccco1. The van der Waals surface area contributed by atoms with Gasteiger partial charge >= 0.3 is 0 Å². The van der Waals surface area contributed by atoms with Gasteiger partial charge in [-0.25, -0.2) is 0 Å². The van der Waals surface area contributed by atoms with Crippen molar-refractivity contribution in [2.24, 2.45) is 0 Å². The van der Waals surface area contributed by atoms with Crippen molar-refractivity contribution in [3.8, 4) is 0 Å². The first-order valence-corrected chi connectivity index (χ1v) is 3.86. The number of aromatic nitrogens is 1. The van der Waals surface area contributed by atoms with Crippen molar-refractivity contribution in [3.63, 3.8) is 0 Å². The van der Waals surface area contributed by atoms with Gasteiger partial charge in [-0.05, 0) is 24.3 Å². The summed E-state index contributed by atoms with van der Waals surface area (Å²) in [7, 11) is 0. The summed E-state index contributed by atoms with van der Waals surface area (Å²) in [5.41, 5.74) is 0.539. The van der Waals surface area contributed by atoms with E-state index in [1.54, 1.807) is 30.5 Å². The highest BCUT2D eigenvalue weighted by Gasteiger charge is 2.10. The second kappa shape index (κ2) is 3.23. The third-order valence-corrected chi connectivity index (χ3v) is 1.67. The molecule has 2 aromatic rings. The lowest BCUT2D eigenvalue weighted by Crippen LogP contribution is -1.99. The molecular formula is C10H7NO2. The van der Waals surface area contributed by atoms with Gasteiger partial charge < -0.3 is 4.42 Å². The standard InChI is InChI=1S/C10H7NO2/c12-10(9-4-2-6-13-9)8-3-1-5-11-7-8/h1-7H. The molecule has 2 aromatic heterocycles. The molecule has 3 nitrogen and oxygen atoms in total. The number of hydrogen-bond acceptors (Lipinski definition) is 3. The molecule has 2 rings (SSSR count). The van der Waals surface area contributed by atoms with E-state index >= 15 is 0 Å². The van der Waals surface area contributed by atoms with Crippen molar-refractivity contribution in [1.29, 1.82) is 0 Å². The molecule has 0 aliphatic heterocycles. The Balaban J connectivity index is 2.34. The highest BCUT2D eigenvalue weighted by molar-refractivity contribution is 6.06. The van der Waals surface area contributed by atoms with Crippen LogP contribution in [-0.4, -0.2) is 10.8 Å². The summed E-state index contributed by atoms with van der Waals surface area (Å²) < 4.78 is 4.97. The zero-order valence-corrected chi connectivity index (χ0v) is 6.81. The van der Waals surface area contributed by atoms with Crippen LogP contribution in [0.5, 0.6) is 0 Å². The van der Waals surface area contributed by atoms with E-state index in [9.17, 15) is 4.79 Å². The first-order valence-electron chi connectivity index (χ1n) is 3.86. The summed E-state index contributed by atoms with van der Waals surface area (Å²) in [4.78, 5) is 15.4. The summed E-state index contributed by atoms with van der Waals surface area (Å²) in [6.07, 6.45) is 4.62. The normalized spacial score (nSPS) is 9.85. The van der Waals surface area contributed by atoms with Crippen molar-refractivity contribution in [3.05, 3.63) is 54.2 Å². The average molecular weight is 173 g/mol. The van der Waals surface area contributed by atoms with Crippen LogP contribution < -0.4 is 0 Å². The van der Waals surface area contributed by atoms with Gasteiger partial charge in [0.15, 0.2) is 5.76 Å². The Hall–Kier alpha value is -1.90. The fourth-order valence-electron chi connectivity index (χ4n) is 1.05. The molecule has 13 heavy (non-hydrogen) atoms. The van der Waals surface area contributed by atoms with Gasteiger partial charge in [-0.3, -0.25) is 9.78 Å². The molecule has 0 N–H and O–H groups in total. The molecule has 0 aromatic carbocycles. The molecule has 0 atom stereocenters.